The Bertz CT molecular complexity index is 949. The van der Waals surface area contributed by atoms with Crippen LogP contribution in [0.1, 0.15) is 46.3 Å². The average molecular weight is 417 g/mol. The van der Waals surface area contributed by atoms with E-state index in [1.54, 1.807) is 19.1 Å². The van der Waals surface area contributed by atoms with Crippen LogP contribution in [0.15, 0.2) is 47.4 Å². The highest BCUT2D eigenvalue weighted by Crippen LogP contribution is 2.19. The van der Waals surface area contributed by atoms with Gasteiger partial charge in [-0.05, 0) is 61.7 Å². The van der Waals surface area contributed by atoms with Crippen LogP contribution in [0.4, 0.5) is 0 Å². The van der Waals surface area contributed by atoms with E-state index in [1.165, 1.54) is 38.0 Å². The van der Waals surface area contributed by atoms with Crippen molar-refractivity contribution in [3.05, 3.63) is 64.7 Å². The molecule has 2 aromatic rings. The lowest BCUT2D eigenvalue weighted by atomic mass is 10.1. The van der Waals surface area contributed by atoms with E-state index in [2.05, 4.69) is 26.5 Å². The molecule has 3 rings (SSSR count). The number of rotatable bonds is 7. The van der Waals surface area contributed by atoms with Crippen LogP contribution in [0.25, 0.3) is 0 Å². The average Bonchev–Trinajstić information content (AvgIpc) is 2.73. The number of sulfonamides is 1. The van der Waals surface area contributed by atoms with Gasteiger partial charge >= 0.3 is 5.97 Å². The Kier molecular flexibility index (Phi) is 7.05. The lowest BCUT2D eigenvalue weighted by molar-refractivity contribution is 0.0600. The third-order valence-corrected chi connectivity index (χ3v) is 6.79. The number of ether oxygens (including phenoxy) is 1. The largest absolute Gasteiger partial charge is 0.465 e. The van der Waals surface area contributed by atoms with Crippen LogP contribution in [0.5, 0.6) is 0 Å². The van der Waals surface area contributed by atoms with Crippen LogP contribution < -0.4 is 4.72 Å². The lowest BCUT2D eigenvalue weighted by Gasteiger charge is -2.26. The van der Waals surface area contributed by atoms with Gasteiger partial charge in [-0.2, -0.15) is 0 Å². The Morgan fingerprint density at radius 3 is 2.34 bits per heavy atom. The molecule has 0 bridgehead atoms. The third kappa shape index (κ3) is 5.65. The van der Waals surface area contributed by atoms with Crippen molar-refractivity contribution in [3.8, 4) is 0 Å². The second kappa shape index (κ2) is 9.52. The van der Waals surface area contributed by atoms with Crippen molar-refractivity contribution < 1.29 is 17.9 Å². The van der Waals surface area contributed by atoms with Crippen LogP contribution >= 0.6 is 0 Å². The number of likely N-dealkylation sites (tertiary alicyclic amines) is 1. The van der Waals surface area contributed by atoms with Crippen LogP contribution in [0.3, 0.4) is 0 Å². The summed E-state index contributed by atoms with van der Waals surface area (Å²) >= 11 is 0. The molecule has 1 heterocycles. The minimum Gasteiger partial charge on any atom is -0.465 e. The molecule has 1 N–H and O–H groups in total. The molecule has 7 heteroatoms. The molecule has 0 aromatic heterocycles. The highest BCUT2D eigenvalue weighted by atomic mass is 32.2. The number of esters is 1. The summed E-state index contributed by atoms with van der Waals surface area (Å²) in [5.41, 5.74) is 2.90. The van der Waals surface area contributed by atoms with Crippen molar-refractivity contribution in [1.82, 2.24) is 9.62 Å². The van der Waals surface area contributed by atoms with Gasteiger partial charge in [-0.15, -0.1) is 0 Å². The fourth-order valence-electron chi connectivity index (χ4n) is 3.53. The quantitative estimate of drug-likeness (QED) is 0.702. The van der Waals surface area contributed by atoms with Gasteiger partial charge in [0.15, 0.2) is 0 Å². The zero-order chi connectivity index (χ0) is 20.9. The minimum atomic E-state index is -3.75. The molecular weight excluding hydrogens is 388 g/mol. The zero-order valence-electron chi connectivity index (χ0n) is 17.0. The summed E-state index contributed by atoms with van der Waals surface area (Å²) < 4.78 is 32.8. The molecule has 0 spiro atoms. The Hall–Kier alpha value is -2.22. The standard InChI is InChI=1S/C22H28N2O4S/c1-17-6-11-20(22(25)28-2)14-21(17)29(26,27)23-15-18-7-9-19(10-8-18)16-24-12-4-3-5-13-24/h6-11,14,23H,3-5,12-13,15-16H2,1-2H3. The number of aryl methyl sites for hydroxylation is 1. The molecule has 0 radical (unpaired) electrons. The summed E-state index contributed by atoms with van der Waals surface area (Å²) in [5, 5.41) is 0. The van der Waals surface area contributed by atoms with Crippen molar-refractivity contribution in [3.63, 3.8) is 0 Å². The molecule has 6 nitrogen and oxygen atoms in total. The lowest BCUT2D eigenvalue weighted by Crippen LogP contribution is -2.29. The van der Waals surface area contributed by atoms with Crippen LogP contribution in [0.2, 0.25) is 0 Å². The summed E-state index contributed by atoms with van der Waals surface area (Å²) in [6, 6.07) is 12.5. The monoisotopic (exact) mass is 416 g/mol. The van der Waals surface area contributed by atoms with Gasteiger partial charge in [0.1, 0.15) is 0 Å². The number of hydrogen-bond donors (Lipinski definition) is 1. The number of carbonyl (C=O) groups is 1. The van der Waals surface area contributed by atoms with Crippen molar-refractivity contribution in [2.45, 2.75) is 44.2 Å². The first kappa shape index (κ1) is 21.5. The first-order valence-electron chi connectivity index (χ1n) is 9.88. The van der Waals surface area contributed by atoms with Gasteiger partial charge in [0, 0.05) is 13.1 Å². The number of piperidine rings is 1. The second-order valence-corrected chi connectivity index (χ2v) is 9.19. The van der Waals surface area contributed by atoms with E-state index in [4.69, 9.17) is 0 Å². The first-order valence-corrected chi connectivity index (χ1v) is 11.4. The van der Waals surface area contributed by atoms with E-state index in [0.717, 1.165) is 25.2 Å². The molecule has 0 unspecified atom stereocenters. The number of methoxy groups -OCH3 is 1. The van der Waals surface area contributed by atoms with E-state index < -0.39 is 16.0 Å². The van der Waals surface area contributed by atoms with E-state index >= 15 is 0 Å². The van der Waals surface area contributed by atoms with Gasteiger partial charge in [-0.1, -0.05) is 36.8 Å². The summed E-state index contributed by atoms with van der Waals surface area (Å²) in [5.74, 6) is -0.564. The predicted molar refractivity (Wildman–Crippen MR) is 112 cm³/mol. The fourth-order valence-corrected chi connectivity index (χ4v) is 4.81. The van der Waals surface area contributed by atoms with E-state index in [0.29, 0.717) is 5.56 Å². The maximum absolute atomic E-state index is 12.7. The molecule has 0 saturated carbocycles. The van der Waals surface area contributed by atoms with Crippen LogP contribution in [-0.2, 0) is 27.8 Å². The molecule has 1 aliphatic rings. The van der Waals surface area contributed by atoms with Crippen LogP contribution in [0, 0.1) is 6.92 Å². The maximum atomic E-state index is 12.7. The summed E-state index contributed by atoms with van der Waals surface area (Å²) in [6.07, 6.45) is 3.84. The zero-order valence-corrected chi connectivity index (χ0v) is 17.8. The number of carbonyl (C=O) groups excluding carboxylic acids is 1. The highest BCUT2D eigenvalue weighted by Gasteiger charge is 2.19. The molecule has 0 aliphatic carbocycles. The highest BCUT2D eigenvalue weighted by molar-refractivity contribution is 7.89. The summed E-state index contributed by atoms with van der Waals surface area (Å²) in [7, 11) is -2.48. The maximum Gasteiger partial charge on any atom is 0.337 e. The number of nitrogens with zero attached hydrogens (tertiary/aromatic N) is 1. The first-order chi connectivity index (χ1) is 13.9. The molecule has 1 saturated heterocycles. The van der Waals surface area contributed by atoms with Crippen molar-refractivity contribution in [1.29, 1.82) is 0 Å². The smallest absolute Gasteiger partial charge is 0.337 e. The Morgan fingerprint density at radius 2 is 1.69 bits per heavy atom. The van der Waals surface area contributed by atoms with E-state index in [-0.39, 0.29) is 17.0 Å². The van der Waals surface area contributed by atoms with Crippen LogP contribution in [-0.4, -0.2) is 39.5 Å². The van der Waals surface area contributed by atoms with Crippen molar-refractivity contribution in [2.24, 2.45) is 0 Å². The third-order valence-electron chi connectivity index (χ3n) is 5.24. The molecule has 1 fully saturated rings. The topological polar surface area (TPSA) is 75.7 Å². The van der Waals surface area contributed by atoms with E-state index in [9.17, 15) is 13.2 Å². The Labute approximate surface area is 172 Å². The summed E-state index contributed by atoms with van der Waals surface area (Å²) in [4.78, 5) is 14.3. The normalized spacial score (nSPS) is 15.2. The minimum absolute atomic E-state index is 0.0853. The fraction of sp³-hybridized carbons (Fsp3) is 0.409. The van der Waals surface area contributed by atoms with Gasteiger partial charge in [0.25, 0.3) is 0 Å². The van der Waals surface area contributed by atoms with Crippen molar-refractivity contribution >= 4 is 16.0 Å². The van der Waals surface area contributed by atoms with Gasteiger partial charge < -0.3 is 4.74 Å². The van der Waals surface area contributed by atoms with Crippen molar-refractivity contribution in [2.75, 3.05) is 20.2 Å². The Morgan fingerprint density at radius 1 is 1.03 bits per heavy atom. The van der Waals surface area contributed by atoms with E-state index in [1.807, 2.05) is 12.1 Å². The molecule has 156 valence electrons. The van der Waals surface area contributed by atoms with Gasteiger partial charge in [0.05, 0.1) is 17.6 Å². The predicted octanol–water partition coefficient (Wildman–Crippen LogP) is 3.25. The Balaban J connectivity index is 1.65. The molecule has 29 heavy (non-hydrogen) atoms. The molecule has 2 aromatic carbocycles. The summed E-state index contributed by atoms with van der Waals surface area (Å²) in [6.45, 7) is 5.11. The molecule has 0 amide bonds. The second-order valence-electron chi connectivity index (χ2n) is 7.45. The molecular formula is C22H28N2O4S. The molecule has 1 aliphatic heterocycles. The SMILES string of the molecule is COC(=O)c1ccc(C)c(S(=O)(=O)NCc2ccc(CN3CCCCC3)cc2)c1. The molecule has 0 atom stereocenters. The number of benzene rings is 2. The number of nitrogens with one attached hydrogen (secondary N) is 1. The van der Waals surface area contributed by atoms with Gasteiger partial charge in [-0.25, -0.2) is 17.9 Å². The van der Waals surface area contributed by atoms with Gasteiger partial charge in [0.2, 0.25) is 10.0 Å². The van der Waals surface area contributed by atoms with Gasteiger partial charge in [-0.3, -0.25) is 4.90 Å². The number of hydrogen-bond acceptors (Lipinski definition) is 5.